The van der Waals surface area contributed by atoms with Gasteiger partial charge in [-0.1, -0.05) is 0 Å². The standard InChI is InChI=1S/C20H32N4O2S/c21-17-3-9-20(10-4-17)27(25,26)22-18-5-7-19(8-6-18)24-13-11-23(12-14-24)15-16-1-2-16/h3-4,9-10,16,18-19,22H,1-2,5-8,11-15,21H2. The van der Waals surface area contributed by atoms with Crippen LogP contribution in [0, 0.1) is 5.92 Å². The summed E-state index contributed by atoms with van der Waals surface area (Å²) in [4.78, 5) is 5.56. The van der Waals surface area contributed by atoms with Crippen molar-refractivity contribution in [3.8, 4) is 0 Å². The molecule has 1 aliphatic heterocycles. The van der Waals surface area contributed by atoms with Crippen molar-refractivity contribution in [2.45, 2.75) is 55.5 Å². The minimum absolute atomic E-state index is 0.0416. The number of hydrogen-bond acceptors (Lipinski definition) is 5. The van der Waals surface area contributed by atoms with Crippen LogP contribution in [0.2, 0.25) is 0 Å². The third kappa shape index (κ3) is 5.02. The highest BCUT2D eigenvalue weighted by Gasteiger charge is 2.31. The van der Waals surface area contributed by atoms with Crippen LogP contribution in [0.5, 0.6) is 0 Å². The lowest BCUT2D eigenvalue weighted by atomic mass is 9.90. The Morgan fingerprint density at radius 2 is 1.56 bits per heavy atom. The fraction of sp³-hybridized carbons (Fsp3) is 0.700. The summed E-state index contributed by atoms with van der Waals surface area (Å²) in [6.45, 7) is 6.02. The van der Waals surface area contributed by atoms with Crippen molar-refractivity contribution in [3.63, 3.8) is 0 Å². The molecule has 1 aromatic carbocycles. The second-order valence-corrected chi connectivity index (χ2v) is 10.2. The third-order valence-corrected chi connectivity index (χ3v) is 7.88. The Kier molecular flexibility index (Phi) is 5.73. The van der Waals surface area contributed by atoms with Gasteiger partial charge in [0, 0.05) is 50.5 Å². The van der Waals surface area contributed by atoms with Gasteiger partial charge < -0.3 is 10.6 Å². The number of nitrogens with two attached hydrogens (primary N) is 1. The maximum atomic E-state index is 12.6. The number of nitrogen functional groups attached to an aromatic ring is 1. The number of piperazine rings is 1. The summed E-state index contributed by atoms with van der Waals surface area (Å²) in [6.07, 6.45) is 6.85. The predicted molar refractivity (Wildman–Crippen MR) is 108 cm³/mol. The molecule has 0 aromatic heterocycles. The van der Waals surface area contributed by atoms with Gasteiger partial charge in [0.2, 0.25) is 10.0 Å². The van der Waals surface area contributed by atoms with Crippen LogP contribution in [0.15, 0.2) is 29.2 Å². The third-order valence-electron chi connectivity index (χ3n) is 6.35. The number of hydrogen-bond donors (Lipinski definition) is 2. The van der Waals surface area contributed by atoms with E-state index in [4.69, 9.17) is 5.73 Å². The van der Waals surface area contributed by atoms with E-state index in [1.54, 1.807) is 24.3 Å². The quantitative estimate of drug-likeness (QED) is 0.723. The molecule has 1 saturated heterocycles. The summed E-state index contributed by atoms with van der Waals surface area (Å²) in [5.74, 6) is 0.973. The van der Waals surface area contributed by atoms with E-state index in [-0.39, 0.29) is 6.04 Å². The van der Waals surface area contributed by atoms with E-state index in [1.807, 2.05) is 0 Å². The normalized spacial score (nSPS) is 28.3. The fourth-order valence-corrected chi connectivity index (χ4v) is 5.77. The van der Waals surface area contributed by atoms with E-state index in [0.717, 1.165) is 31.6 Å². The smallest absolute Gasteiger partial charge is 0.240 e. The Bertz CT molecular complexity index is 717. The molecule has 27 heavy (non-hydrogen) atoms. The Hall–Kier alpha value is -1.15. The van der Waals surface area contributed by atoms with Gasteiger partial charge in [0.15, 0.2) is 0 Å². The first-order chi connectivity index (χ1) is 13.0. The van der Waals surface area contributed by atoms with Gasteiger partial charge in [-0.2, -0.15) is 0 Å². The number of nitrogens with one attached hydrogen (secondary N) is 1. The van der Waals surface area contributed by atoms with Gasteiger partial charge in [-0.25, -0.2) is 13.1 Å². The average molecular weight is 393 g/mol. The van der Waals surface area contributed by atoms with E-state index < -0.39 is 10.0 Å². The van der Waals surface area contributed by atoms with Gasteiger partial charge in [0.05, 0.1) is 4.90 Å². The van der Waals surface area contributed by atoms with Crippen molar-refractivity contribution in [2.24, 2.45) is 5.92 Å². The Labute approximate surface area is 163 Å². The van der Waals surface area contributed by atoms with Crippen LogP contribution < -0.4 is 10.5 Å². The van der Waals surface area contributed by atoms with Crippen LogP contribution in [0.25, 0.3) is 0 Å². The van der Waals surface area contributed by atoms with Crippen LogP contribution in [-0.4, -0.2) is 63.0 Å². The van der Waals surface area contributed by atoms with E-state index in [2.05, 4.69) is 14.5 Å². The Morgan fingerprint density at radius 1 is 0.926 bits per heavy atom. The molecule has 3 aliphatic rings. The molecule has 0 radical (unpaired) electrons. The molecule has 1 aromatic rings. The molecule has 150 valence electrons. The van der Waals surface area contributed by atoms with Crippen molar-refractivity contribution in [1.82, 2.24) is 14.5 Å². The molecule has 0 bridgehead atoms. The van der Waals surface area contributed by atoms with Gasteiger partial charge in [0.1, 0.15) is 0 Å². The zero-order chi connectivity index (χ0) is 18.9. The molecular weight excluding hydrogens is 360 g/mol. The SMILES string of the molecule is Nc1ccc(S(=O)(=O)NC2CCC(N3CCN(CC4CC4)CC3)CC2)cc1. The lowest BCUT2D eigenvalue weighted by Gasteiger charge is -2.42. The molecule has 4 rings (SSSR count). The number of anilines is 1. The first-order valence-electron chi connectivity index (χ1n) is 10.3. The Balaban J connectivity index is 1.23. The predicted octanol–water partition coefficient (Wildman–Crippen LogP) is 1.89. The average Bonchev–Trinajstić information content (AvgIpc) is 3.47. The molecule has 3 N–H and O–H groups in total. The van der Waals surface area contributed by atoms with Gasteiger partial charge in [-0.05, 0) is 68.7 Å². The van der Waals surface area contributed by atoms with Crippen molar-refractivity contribution in [2.75, 3.05) is 38.5 Å². The van der Waals surface area contributed by atoms with Gasteiger partial charge in [-0.15, -0.1) is 0 Å². The molecule has 2 aliphatic carbocycles. The number of sulfonamides is 1. The summed E-state index contributed by atoms with van der Waals surface area (Å²) in [5.41, 5.74) is 6.23. The van der Waals surface area contributed by atoms with Gasteiger partial charge in [0.25, 0.3) is 0 Å². The highest BCUT2D eigenvalue weighted by atomic mass is 32.2. The maximum absolute atomic E-state index is 12.6. The number of benzene rings is 1. The summed E-state index contributed by atoms with van der Waals surface area (Å²) >= 11 is 0. The summed E-state index contributed by atoms with van der Waals surface area (Å²) < 4.78 is 28.0. The zero-order valence-electron chi connectivity index (χ0n) is 16.0. The molecule has 6 nitrogen and oxygen atoms in total. The second kappa shape index (κ2) is 8.07. The molecular formula is C20H32N4O2S. The first-order valence-corrected chi connectivity index (χ1v) is 11.8. The van der Waals surface area contributed by atoms with E-state index in [0.29, 0.717) is 16.6 Å². The van der Waals surface area contributed by atoms with E-state index in [9.17, 15) is 8.42 Å². The highest BCUT2D eigenvalue weighted by molar-refractivity contribution is 7.89. The van der Waals surface area contributed by atoms with E-state index >= 15 is 0 Å². The summed E-state index contributed by atoms with van der Waals surface area (Å²) in [5, 5.41) is 0. The second-order valence-electron chi connectivity index (χ2n) is 8.48. The van der Waals surface area contributed by atoms with Crippen molar-refractivity contribution in [1.29, 1.82) is 0 Å². The van der Waals surface area contributed by atoms with Crippen LogP contribution in [0.4, 0.5) is 5.69 Å². The number of nitrogens with zero attached hydrogens (tertiary/aromatic N) is 2. The molecule has 0 unspecified atom stereocenters. The van der Waals surface area contributed by atoms with Crippen molar-refractivity contribution in [3.05, 3.63) is 24.3 Å². The molecule has 0 amide bonds. The largest absolute Gasteiger partial charge is 0.399 e. The van der Waals surface area contributed by atoms with Crippen LogP contribution in [-0.2, 0) is 10.0 Å². The zero-order valence-corrected chi connectivity index (χ0v) is 16.8. The molecule has 2 saturated carbocycles. The minimum atomic E-state index is -3.46. The monoisotopic (exact) mass is 392 g/mol. The molecule has 7 heteroatoms. The molecule has 3 fully saturated rings. The van der Waals surface area contributed by atoms with Gasteiger partial charge >= 0.3 is 0 Å². The number of rotatable bonds is 6. The first kappa shape index (κ1) is 19.2. The van der Waals surface area contributed by atoms with E-state index in [1.165, 1.54) is 45.6 Å². The lowest BCUT2D eigenvalue weighted by Crippen LogP contribution is -2.52. The lowest BCUT2D eigenvalue weighted by molar-refractivity contribution is 0.0734. The van der Waals surface area contributed by atoms with Crippen LogP contribution >= 0.6 is 0 Å². The molecule has 1 heterocycles. The van der Waals surface area contributed by atoms with Crippen molar-refractivity contribution >= 4 is 15.7 Å². The molecule has 0 spiro atoms. The van der Waals surface area contributed by atoms with Crippen LogP contribution in [0.1, 0.15) is 38.5 Å². The summed E-state index contributed by atoms with van der Waals surface area (Å²) in [7, 11) is -3.46. The molecule has 0 atom stereocenters. The van der Waals surface area contributed by atoms with Crippen molar-refractivity contribution < 1.29 is 8.42 Å². The topological polar surface area (TPSA) is 78.7 Å². The van der Waals surface area contributed by atoms with Crippen LogP contribution in [0.3, 0.4) is 0 Å². The van der Waals surface area contributed by atoms with Gasteiger partial charge in [-0.3, -0.25) is 4.90 Å². The summed E-state index contributed by atoms with van der Waals surface area (Å²) in [6, 6.07) is 7.07. The minimum Gasteiger partial charge on any atom is -0.399 e. The fourth-order valence-electron chi connectivity index (χ4n) is 4.47. The Morgan fingerprint density at radius 3 is 2.15 bits per heavy atom. The highest BCUT2D eigenvalue weighted by Crippen LogP contribution is 2.30. The maximum Gasteiger partial charge on any atom is 0.240 e.